The van der Waals surface area contributed by atoms with Gasteiger partial charge in [-0.2, -0.15) is 0 Å². The zero-order chi connectivity index (χ0) is 13.0. The first-order valence-electron chi connectivity index (χ1n) is 6.35. The van der Waals surface area contributed by atoms with E-state index in [9.17, 15) is 4.39 Å². The van der Waals surface area contributed by atoms with Crippen molar-refractivity contribution in [2.45, 2.75) is 31.8 Å². The topological polar surface area (TPSA) is 30.5 Å². The Bertz CT molecular complexity index is 397. The van der Waals surface area contributed by atoms with Crippen molar-refractivity contribution in [1.29, 1.82) is 0 Å². The van der Waals surface area contributed by atoms with Crippen LogP contribution in [0.1, 0.15) is 18.9 Å². The second-order valence-electron chi connectivity index (χ2n) is 4.81. The molecule has 1 aliphatic heterocycles. The standard InChI is InChI=1S/C14H20FNO2/c1-10-8-18-9-12(16-10)5-3-11-4-6-14(17-2)13(15)7-11/h4,6-7,10,12,16H,3,5,8-9H2,1-2H3. The van der Waals surface area contributed by atoms with Crippen LogP contribution in [0.4, 0.5) is 4.39 Å². The van der Waals surface area contributed by atoms with Gasteiger partial charge in [0.05, 0.1) is 20.3 Å². The Kier molecular flexibility index (Phi) is 4.55. The molecule has 0 aliphatic carbocycles. The van der Waals surface area contributed by atoms with Crippen LogP contribution in [-0.2, 0) is 11.2 Å². The number of aryl methyl sites for hydroxylation is 1. The van der Waals surface area contributed by atoms with Crippen LogP contribution in [0.25, 0.3) is 0 Å². The summed E-state index contributed by atoms with van der Waals surface area (Å²) in [6.45, 7) is 3.62. The summed E-state index contributed by atoms with van der Waals surface area (Å²) in [5, 5.41) is 3.48. The van der Waals surface area contributed by atoms with Gasteiger partial charge < -0.3 is 14.8 Å². The summed E-state index contributed by atoms with van der Waals surface area (Å²) in [4.78, 5) is 0. The van der Waals surface area contributed by atoms with Crippen molar-refractivity contribution in [3.63, 3.8) is 0 Å². The van der Waals surface area contributed by atoms with Crippen LogP contribution in [0.2, 0.25) is 0 Å². The summed E-state index contributed by atoms with van der Waals surface area (Å²) in [6, 6.07) is 5.90. The summed E-state index contributed by atoms with van der Waals surface area (Å²) in [7, 11) is 1.47. The molecule has 1 aromatic carbocycles. The molecule has 2 unspecified atom stereocenters. The molecule has 0 spiro atoms. The Labute approximate surface area is 107 Å². The van der Waals surface area contributed by atoms with Crippen molar-refractivity contribution in [2.24, 2.45) is 0 Å². The predicted molar refractivity (Wildman–Crippen MR) is 68.5 cm³/mol. The quantitative estimate of drug-likeness (QED) is 0.892. The first-order chi connectivity index (χ1) is 8.69. The van der Waals surface area contributed by atoms with Gasteiger partial charge in [0, 0.05) is 12.1 Å². The monoisotopic (exact) mass is 253 g/mol. The Morgan fingerprint density at radius 1 is 1.44 bits per heavy atom. The third-order valence-corrected chi connectivity index (χ3v) is 3.20. The molecule has 0 radical (unpaired) electrons. The number of methoxy groups -OCH3 is 1. The predicted octanol–water partition coefficient (Wildman–Crippen LogP) is 2.14. The number of halogens is 1. The zero-order valence-corrected chi connectivity index (χ0v) is 10.9. The third-order valence-electron chi connectivity index (χ3n) is 3.20. The van der Waals surface area contributed by atoms with Crippen molar-refractivity contribution in [3.05, 3.63) is 29.6 Å². The molecule has 18 heavy (non-hydrogen) atoms. The van der Waals surface area contributed by atoms with Crippen LogP contribution in [0.3, 0.4) is 0 Å². The molecule has 1 fully saturated rings. The molecular weight excluding hydrogens is 233 g/mol. The van der Waals surface area contributed by atoms with Crippen LogP contribution in [0.15, 0.2) is 18.2 Å². The molecule has 1 saturated heterocycles. The first kappa shape index (κ1) is 13.3. The smallest absolute Gasteiger partial charge is 0.165 e. The van der Waals surface area contributed by atoms with E-state index in [1.165, 1.54) is 7.11 Å². The summed E-state index contributed by atoms with van der Waals surface area (Å²) < 4.78 is 23.9. The lowest BCUT2D eigenvalue weighted by Crippen LogP contribution is -2.47. The SMILES string of the molecule is COc1ccc(CCC2COCC(C)N2)cc1F. The Morgan fingerprint density at radius 3 is 2.94 bits per heavy atom. The van der Waals surface area contributed by atoms with Gasteiger partial charge in [-0.15, -0.1) is 0 Å². The number of benzene rings is 1. The summed E-state index contributed by atoms with van der Waals surface area (Å²) in [6.07, 6.45) is 1.80. The van der Waals surface area contributed by atoms with Crippen LogP contribution in [-0.4, -0.2) is 32.4 Å². The number of ether oxygens (including phenoxy) is 2. The summed E-state index contributed by atoms with van der Waals surface area (Å²) in [5.41, 5.74) is 0.994. The van der Waals surface area contributed by atoms with Crippen molar-refractivity contribution >= 4 is 0 Å². The van der Waals surface area contributed by atoms with Crippen molar-refractivity contribution in [3.8, 4) is 5.75 Å². The van der Waals surface area contributed by atoms with Crippen molar-refractivity contribution < 1.29 is 13.9 Å². The minimum absolute atomic E-state index is 0.295. The average molecular weight is 253 g/mol. The van der Waals surface area contributed by atoms with Crippen LogP contribution in [0, 0.1) is 5.82 Å². The van der Waals surface area contributed by atoms with Gasteiger partial charge in [0.25, 0.3) is 0 Å². The molecule has 0 saturated carbocycles. The normalized spacial score (nSPS) is 23.9. The van der Waals surface area contributed by atoms with E-state index in [1.807, 2.05) is 6.07 Å². The highest BCUT2D eigenvalue weighted by atomic mass is 19.1. The Balaban J connectivity index is 1.88. The molecule has 2 rings (SSSR count). The minimum atomic E-state index is -0.295. The molecular formula is C14H20FNO2. The van der Waals surface area contributed by atoms with Gasteiger partial charge in [-0.05, 0) is 37.5 Å². The lowest BCUT2D eigenvalue weighted by Gasteiger charge is -2.29. The van der Waals surface area contributed by atoms with Crippen LogP contribution >= 0.6 is 0 Å². The van der Waals surface area contributed by atoms with E-state index in [2.05, 4.69) is 12.2 Å². The van der Waals surface area contributed by atoms with E-state index in [-0.39, 0.29) is 5.82 Å². The molecule has 0 bridgehead atoms. The van der Waals surface area contributed by atoms with Crippen LogP contribution < -0.4 is 10.1 Å². The van der Waals surface area contributed by atoms with Gasteiger partial charge in [0.2, 0.25) is 0 Å². The second-order valence-corrected chi connectivity index (χ2v) is 4.81. The molecule has 1 N–H and O–H groups in total. The fraction of sp³-hybridized carbons (Fsp3) is 0.571. The van der Waals surface area contributed by atoms with Gasteiger partial charge in [-0.25, -0.2) is 4.39 Å². The maximum Gasteiger partial charge on any atom is 0.165 e. The van der Waals surface area contributed by atoms with Gasteiger partial charge in [0.1, 0.15) is 0 Å². The average Bonchev–Trinajstić information content (AvgIpc) is 2.37. The van der Waals surface area contributed by atoms with E-state index in [1.54, 1.807) is 12.1 Å². The first-order valence-corrected chi connectivity index (χ1v) is 6.35. The molecule has 2 atom stereocenters. The largest absolute Gasteiger partial charge is 0.494 e. The van der Waals surface area contributed by atoms with Crippen molar-refractivity contribution in [1.82, 2.24) is 5.32 Å². The minimum Gasteiger partial charge on any atom is -0.494 e. The molecule has 3 nitrogen and oxygen atoms in total. The fourth-order valence-electron chi connectivity index (χ4n) is 2.26. The fourth-order valence-corrected chi connectivity index (χ4v) is 2.26. The number of rotatable bonds is 4. The highest BCUT2D eigenvalue weighted by Crippen LogP contribution is 2.19. The van der Waals surface area contributed by atoms with Crippen LogP contribution in [0.5, 0.6) is 5.75 Å². The zero-order valence-electron chi connectivity index (χ0n) is 10.9. The van der Waals surface area contributed by atoms with E-state index in [0.717, 1.165) is 31.6 Å². The lowest BCUT2D eigenvalue weighted by atomic mass is 10.0. The Morgan fingerprint density at radius 2 is 2.28 bits per heavy atom. The molecule has 0 amide bonds. The second kappa shape index (κ2) is 6.16. The lowest BCUT2D eigenvalue weighted by molar-refractivity contribution is 0.0483. The van der Waals surface area contributed by atoms with Crippen molar-refractivity contribution in [2.75, 3.05) is 20.3 Å². The van der Waals surface area contributed by atoms with Gasteiger partial charge in [-0.1, -0.05) is 6.07 Å². The maximum absolute atomic E-state index is 13.5. The molecule has 1 aromatic rings. The Hall–Kier alpha value is -1.13. The summed E-state index contributed by atoms with van der Waals surface area (Å²) in [5.74, 6) is 0.00252. The molecule has 4 heteroatoms. The maximum atomic E-state index is 13.5. The highest BCUT2D eigenvalue weighted by molar-refractivity contribution is 5.29. The summed E-state index contributed by atoms with van der Waals surface area (Å²) >= 11 is 0. The third kappa shape index (κ3) is 3.43. The van der Waals surface area contributed by atoms with E-state index in [0.29, 0.717) is 17.8 Å². The van der Waals surface area contributed by atoms with Gasteiger partial charge in [-0.3, -0.25) is 0 Å². The van der Waals surface area contributed by atoms with E-state index >= 15 is 0 Å². The highest BCUT2D eigenvalue weighted by Gasteiger charge is 2.18. The number of hydrogen-bond donors (Lipinski definition) is 1. The molecule has 1 aliphatic rings. The number of hydrogen-bond acceptors (Lipinski definition) is 3. The molecule has 0 aromatic heterocycles. The van der Waals surface area contributed by atoms with Gasteiger partial charge in [0.15, 0.2) is 11.6 Å². The van der Waals surface area contributed by atoms with Gasteiger partial charge >= 0.3 is 0 Å². The molecule has 1 heterocycles. The van der Waals surface area contributed by atoms with E-state index < -0.39 is 0 Å². The number of nitrogens with one attached hydrogen (secondary N) is 1. The molecule has 100 valence electrons. The van der Waals surface area contributed by atoms with E-state index in [4.69, 9.17) is 9.47 Å². The number of morpholine rings is 1.